The van der Waals surface area contributed by atoms with E-state index in [2.05, 4.69) is 0 Å². The molecule has 0 bridgehead atoms. The Labute approximate surface area is 156 Å². The quantitative estimate of drug-likeness (QED) is 0.788. The molecule has 0 spiro atoms. The summed E-state index contributed by atoms with van der Waals surface area (Å²) >= 11 is 0. The van der Waals surface area contributed by atoms with E-state index in [0.29, 0.717) is 13.1 Å². The number of fused-ring (bicyclic) bond motifs is 1. The maximum atomic E-state index is 12.9. The molecule has 26 heavy (non-hydrogen) atoms. The smallest absolute Gasteiger partial charge is 0.399 e. The molecule has 1 aliphatic rings. The standard InChI is InChI=1S/C21H28BNO3/c1-7-23(8-2)19(24)17-13-9-12-16-15(17)11-10-14-18(16)22-25-20(3,4)21(5,6)26-22/h9-14H,7-8H2,1-6H3. The lowest BCUT2D eigenvalue weighted by atomic mass is 9.75. The number of rotatable bonds is 4. The molecule has 1 amide bonds. The zero-order chi connectivity index (χ0) is 19.1. The summed E-state index contributed by atoms with van der Waals surface area (Å²) in [6.45, 7) is 13.6. The van der Waals surface area contributed by atoms with Gasteiger partial charge in [-0.3, -0.25) is 4.79 Å². The number of benzene rings is 2. The zero-order valence-electron chi connectivity index (χ0n) is 16.6. The van der Waals surface area contributed by atoms with E-state index in [0.717, 1.165) is 21.8 Å². The largest absolute Gasteiger partial charge is 0.495 e. The molecule has 2 aromatic carbocycles. The molecule has 0 aliphatic carbocycles. The molecular weight excluding hydrogens is 325 g/mol. The number of nitrogens with zero attached hydrogens (tertiary/aromatic N) is 1. The fourth-order valence-corrected chi connectivity index (χ4v) is 3.38. The van der Waals surface area contributed by atoms with E-state index in [1.807, 2.05) is 82.8 Å². The first kappa shape index (κ1) is 18.9. The van der Waals surface area contributed by atoms with Crippen molar-refractivity contribution in [3.63, 3.8) is 0 Å². The van der Waals surface area contributed by atoms with Crippen LogP contribution in [0.4, 0.5) is 0 Å². The summed E-state index contributed by atoms with van der Waals surface area (Å²) in [7, 11) is -0.442. The number of hydrogen-bond donors (Lipinski definition) is 0. The highest BCUT2D eigenvalue weighted by atomic mass is 16.7. The van der Waals surface area contributed by atoms with Crippen LogP contribution in [0, 0.1) is 0 Å². The normalized spacial score (nSPS) is 18.3. The highest BCUT2D eigenvalue weighted by Gasteiger charge is 2.52. The molecule has 0 atom stereocenters. The van der Waals surface area contributed by atoms with E-state index in [-0.39, 0.29) is 5.91 Å². The lowest BCUT2D eigenvalue weighted by Crippen LogP contribution is -2.41. The van der Waals surface area contributed by atoms with Crippen LogP contribution < -0.4 is 5.46 Å². The van der Waals surface area contributed by atoms with Gasteiger partial charge in [-0.15, -0.1) is 0 Å². The molecule has 1 saturated heterocycles. The average molecular weight is 353 g/mol. The fraction of sp³-hybridized carbons (Fsp3) is 0.476. The van der Waals surface area contributed by atoms with Crippen molar-refractivity contribution >= 4 is 29.3 Å². The van der Waals surface area contributed by atoms with Crippen molar-refractivity contribution in [2.24, 2.45) is 0 Å². The van der Waals surface area contributed by atoms with Crippen LogP contribution in [0.15, 0.2) is 36.4 Å². The van der Waals surface area contributed by atoms with Gasteiger partial charge in [-0.2, -0.15) is 0 Å². The summed E-state index contributed by atoms with van der Waals surface area (Å²) in [4.78, 5) is 14.8. The molecule has 1 aliphatic heterocycles. The molecule has 0 radical (unpaired) electrons. The third-order valence-corrected chi connectivity index (χ3v) is 5.74. The van der Waals surface area contributed by atoms with Crippen LogP contribution in [0.25, 0.3) is 10.8 Å². The summed E-state index contributed by atoms with van der Waals surface area (Å²) in [5, 5.41) is 1.95. The van der Waals surface area contributed by atoms with E-state index >= 15 is 0 Å². The second-order valence-electron chi connectivity index (χ2n) is 7.81. The monoisotopic (exact) mass is 353 g/mol. The van der Waals surface area contributed by atoms with Crippen molar-refractivity contribution in [1.29, 1.82) is 0 Å². The number of amides is 1. The van der Waals surface area contributed by atoms with Gasteiger partial charge in [-0.05, 0) is 63.8 Å². The second-order valence-corrected chi connectivity index (χ2v) is 7.81. The molecule has 2 aromatic rings. The molecular formula is C21H28BNO3. The molecule has 138 valence electrons. The first-order valence-electron chi connectivity index (χ1n) is 9.38. The lowest BCUT2D eigenvalue weighted by molar-refractivity contribution is 0.00578. The molecule has 0 saturated carbocycles. The molecule has 3 rings (SSSR count). The van der Waals surface area contributed by atoms with Crippen molar-refractivity contribution in [2.45, 2.75) is 52.7 Å². The number of carbonyl (C=O) groups is 1. The Morgan fingerprint density at radius 3 is 2.04 bits per heavy atom. The minimum Gasteiger partial charge on any atom is -0.399 e. The number of hydrogen-bond acceptors (Lipinski definition) is 3. The van der Waals surface area contributed by atoms with E-state index in [1.54, 1.807) is 0 Å². The molecule has 5 heteroatoms. The third kappa shape index (κ3) is 3.04. The van der Waals surface area contributed by atoms with Crippen LogP contribution in [0.1, 0.15) is 51.9 Å². The lowest BCUT2D eigenvalue weighted by Gasteiger charge is -2.32. The zero-order valence-corrected chi connectivity index (χ0v) is 16.6. The topological polar surface area (TPSA) is 38.8 Å². The molecule has 0 aromatic heterocycles. The molecule has 0 unspecified atom stereocenters. The fourth-order valence-electron chi connectivity index (χ4n) is 3.38. The minimum absolute atomic E-state index is 0.0617. The predicted molar refractivity (Wildman–Crippen MR) is 107 cm³/mol. The van der Waals surface area contributed by atoms with Gasteiger partial charge in [-0.25, -0.2) is 0 Å². The van der Waals surface area contributed by atoms with Crippen molar-refractivity contribution in [1.82, 2.24) is 4.90 Å². The van der Waals surface area contributed by atoms with E-state index < -0.39 is 18.3 Å². The molecule has 0 N–H and O–H groups in total. The van der Waals surface area contributed by atoms with Gasteiger partial charge in [0.25, 0.3) is 5.91 Å². The Morgan fingerprint density at radius 2 is 1.46 bits per heavy atom. The second kappa shape index (κ2) is 6.71. The Balaban J connectivity index is 2.08. The van der Waals surface area contributed by atoms with Crippen LogP contribution in [0.2, 0.25) is 0 Å². The van der Waals surface area contributed by atoms with Gasteiger partial charge in [0.15, 0.2) is 0 Å². The average Bonchev–Trinajstić information content (AvgIpc) is 2.82. The van der Waals surface area contributed by atoms with Gasteiger partial charge in [0.1, 0.15) is 0 Å². The number of carbonyl (C=O) groups excluding carboxylic acids is 1. The van der Waals surface area contributed by atoms with Crippen LogP contribution in [0.5, 0.6) is 0 Å². The van der Waals surface area contributed by atoms with Crippen molar-refractivity contribution in [3.8, 4) is 0 Å². The van der Waals surface area contributed by atoms with Crippen LogP contribution in [-0.4, -0.2) is 42.2 Å². The minimum atomic E-state index is -0.442. The van der Waals surface area contributed by atoms with Crippen LogP contribution in [0.3, 0.4) is 0 Å². The summed E-state index contributed by atoms with van der Waals surface area (Å²) in [5.41, 5.74) is 0.906. The Kier molecular flexibility index (Phi) is 4.89. The van der Waals surface area contributed by atoms with E-state index in [9.17, 15) is 4.79 Å². The summed E-state index contributed by atoms with van der Waals surface area (Å²) in [6, 6.07) is 11.9. The van der Waals surface area contributed by atoms with Gasteiger partial charge in [0, 0.05) is 18.7 Å². The third-order valence-electron chi connectivity index (χ3n) is 5.74. The molecule has 1 heterocycles. The Morgan fingerprint density at radius 1 is 0.923 bits per heavy atom. The van der Waals surface area contributed by atoms with Crippen molar-refractivity contribution < 1.29 is 14.1 Å². The molecule has 4 nitrogen and oxygen atoms in total. The first-order chi connectivity index (χ1) is 12.2. The SMILES string of the molecule is CCN(CC)C(=O)c1cccc2c(B3OC(C)(C)C(C)(C)O3)cccc12. The van der Waals surface area contributed by atoms with Gasteiger partial charge in [-0.1, -0.05) is 30.3 Å². The van der Waals surface area contributed by atoms with Gasteiger partial charge < -0.3 is 14.2 Å². The van der Waals surface area contributed by atoms with E-state index in [1.165, 1.54) is 0 Å². The maximum absolute atomic E-state index is 12.9. The van der Waals surface area contributed by atoms with Crippen molar-refractivity contribution in [2.75, 3.05) is 13.1 Å². The van der Waals surface area contributed by atoms with Gasteiger partial charge >= 0.3 is 7.12 Å². The predicted octanol–water partition coefficient (Wildman–Crippen LogP) is 3.62. The Hall–Kier alpha value is -1.85. The van der Waals surface area contributed by atoms with Gasteiger partial charge in [0.05, 0.1) is 11.2 Å². The summed E-state index contributed by atoms with van der Waals surface area (Å²) < 4.78 is 12.5. The van der Waals surface area contributed by atoms with Crippen LogP contribution in [-0.2, 0) is 9.31 Å². The van der Waals surface area contributed by atoms with Crippen LogP contribution >= 0.6 is 0 Å². The summed E-state index contributed by atoms with van der Waals surface area (Å²) in [6.07, 6.45) is 0. The van der Waals surface area contributed by atoms with Crippen molar-refractivity contribution in [3.05, 3.63) is 42.0 Å². The van der Waals surface area contributed by atoms with E-state index in [4.69, 9.17) is 9.31 Å². The highest BCUT2D eigenvalue weighted by Crippen LogP contribution is 2.37. The summed E-state index contributed by atoms with van der Waals surface area (Å²) in [5.74, 6) is 0.0617. The maximum Gasteiger partial charge on any atom is 0.495 e. The highest BCUT2D eigenvalue weighted by molar-refractivity contribution is 6.65. The Bertz CT molecular complexity index is 811. The first-order valence-corrected chi connectivity index (χ1v) is 9.38. The molecule has 1 fully saturated rings. The van der Waals surface area contributed by atoms with Gasteiger partial charge in [0.2, 0.25) is 0 Å².